The molecule has 0 aromatic heterocycles. The van der Waals surface area contributed by atoms with Gasteiger partial charge >= 0.3 is 0 Å². The summed E-state index contributed by atoms with van der Waals surface area (Å²) in [5.74, 6) is -0.0303. The van der Waals surface area contributed by atoms with Crippen LogP contribution in [0.1, 0.15) is 6.42 Å². The van der Waals surface area contributed by atoms with Gasteiger partial charge in [-0.3, -0.25) is 4.79 Å². The molecule has 0 aliphatic carbocycles. The molecule has 0 unspecified atom stereocenters. The van der Waals surface area contributed by atoms with E-state index < -0.39 is 0 Å². The van der Waals surface area contributed by atoms with Crippen LogP contribution in [0, 0.1) is 0 Å². The molecule has 0 spiro atoms. The van der Waals surface area contributed by atoms with E-state index in [1.165, 1.54) is 0 Å². The maximum atomic E-state index is 10.8. The molecule has 1 aliphatic heterocycles. The van der Waals surface area contributed by atoms with E-state index in [9.17, 15) is 4.79 Å². The molecule has 0 bridgehead atoms. The van der Waals surface area contributed by atoms with Crippen molar-refractivity contribution in [3.63, 3.8) is 0 Å². The van der Waals surface area contributed by atoms with Crippen molar-refractivity contribution in [2.75, 3.05) is 0 Å². The standard InChI is InChI=1S/C8H8ClNO/c9-7-3-1-5-8(11)10-6-2-4-7/h1-4,6H,5H2,(H,10,11). The molecular formula is C8H8ClNO. The highest BCUT2D eigenvalue weighted by Crippen LogP contribution is 2.04. The number of allylic oxidation sites excluding steroid dienone is 4. The van der Waals surface area contributed by atoms with Gasteiger partial charge < -0.3 is 5.32 Å². The second kappa shape index (κ2) is 3.98. The molecule has 1 rings (SSSR count). The third-order valence-electron chi connectivity index (χ3n) is 1.18. The number of hydrogen-bond donors (Lipinski definition) is 1. The Labute approximate surface area is 70.2 Å². The van der Waals surface area contributed by atoms with Crippen molar-refractivity contribution >= 4 is 17.5 Å². The van der Waals surface area contributed by atoms with Crippen LogP contribution in [-0.2, 0) is 4.79 Å². The summed E-state index contributed by atoms with van der Waals surface area (Å²) in [7, 11) is 0. The van der Waals surface area contributed by atoms with E-state index in [0.29, 0.717) is 11.5 Å². The lowest BCUT2D eigenvalue weighted by Crippen LogP contribution is -2.14. The lowest BCUT2D eigenvalue weighted by atomic mass is 10.3. The lowest BCUT2D eigenvalue weighted by molar-refractivity contribution is -0.119. The smallest absolute Gasteiger partial charge is 0.227 e. The van der Waals surface area contributed by atoms with Gasteiger partial charge in [-0.1, -0.05) is 17.7 Å². The number of halogens is 1. The normalized spacial score (nSPS) is 17.9. The van der Waals surface area contributed by atoms with E-state index in [0.717, 1.165) is 0 Å². The Morgan fingerprint density at radius 2 is 2.36 bits per heavy atom. The molecule has 1 heterocycles. The van der Waals surface area contributed by atoms with Gasteiger partial charge in [0.05, 0.1) is 0 Å². The summed E-state index contributed by atoms with van der Waals surface area (Å²) >= 11 is 5.70. The zero-order valence-corrected chi connectivity index (χ0v) is 6.64. The van der Waals surface area contributed by atoms with E-state index in [4.69, 9.17) is 11.6 Å². The van der Waals surface area contributed by atoms with Crippen molar-refractivity contribution in [2.45, 2.75) is 6.42 Å². The van der Waals surface area contributed by atoms with Crippen molar-refractivity contribution in [3.05, 3.63) is 35.5 Å². The fourth-order valence-corrected chi connectivity index (χ4v) is 0.836. The molecule has 0 fully saturated rings. The summed E-state index contributed by atoms with van der Waals surface area (Å²) in [6.07, 6.45) is 8.77. The van der Waals surface area contributed by atoms with Crippen molar-refractivity contribution < 1.29 is 4.79 Å². The number of rotatable bonds is 0. The van der Waals surface area contributed by atoms with Crippen molar-refractivity contribution in [3.8, 4) is 0 Å². The zero-order valence-electron chi connectivity index (χ0n) is 5.88. The summed E-state index contributed by atoms with van der Waals surface area (Å²) in [5.41, 5.74) is 0. The first kappa shape index (κ1) is 8.08. The molecule has 0 saturated carbocycles. The van der Waals surface area contributed by atoms with Crippen molar-refractivity contribution in [2.24, 2.45) is 0 Å². The van der Waals surface area contributed by atoms with Crippen LogP contribution >= 0.6 is 11.6 Å². The van der Waals surface area contributed by atoms with Crippen LogP contribution in [0.4, 0.5) is 0 Å². The highest BCUT2D eigenvalue weighted by Gasteiger charge is 1.94. The first-order valence-electron chi connectivity index (χ1n) is 3.27. The molecule has 3 heteroatoms. The molecule has 1 aliphatic rings. The van der Waals surface area contributed by atoms with E-state index in [2.05, 4.69) is 5.32 Å². The van der Waals surface area contributed by atoms with Gasteiger partial charge in [-0.15, -0.1) is 0 Å². The highest BCUT2D eigenvalue weighted by molar-refractivity contribution is 6.31. The minimum atomic E-state index is -0.0303. The van der Waals surface area contributed by atoms with Crippen LogP contribution in [0.2, 0.25) is 0 Å². The number of amides is 1. The van der Waals surface area contributed by atoms with Gasteiger partial charge in [-0.2, -0.15) is 0 Å². The largest absolute Gasteiger partial charge is 0.332 e. The third kappa shape index (κ3) is 3.05. The maximum absolute atomic E-state index is 10.8. The van der Waals surface area contributed by atoms with Gasteiger partial charge in [0.1, 0.15) is 0 Å². The molecule has 58 valence electrons. The van der Waals surface area contributed by atoms with Crippen LogP contribution < -0.4 is 5.32 Å². The number of carbonyl (C=O) groups is 1. The number of hydrogen-bond acceptors (Lipinski definition) is 1. The Morgan fingerprint density at radius 3 is 3.18 bits per heavy atom. The van der Waals surface area contributed by atoms with Gasteiger partial charge in [-0.25, -0.2) is 0 Å². The first-order chi connectivity index (χ1) is 5.29. The quantitative estimate of drug-likeness (QED) is 0.588. The maximum Gasteiger partial charge on any atom is 0.227 e. The highest BCUT2D eigenvalue weighted by atomic mass is 35.5. The fourth-order valence-electron chi connectivity index (χ4n) is 0.674. The van der Waals surface area contributed by atoms with Crippen LogP contribution in [-0.4, -0.2) is 5.91 Å². The van der Waals surface area contributed by atoms with E-state index in [-0.39, 0.29) is 5.91 Å². The van der Waals surface area contributed by atoms with Crippen LogP contribution in [0.3, 0.4) is 0 Å². The van der Waals surface area contributed by atoms with Crippen LogP contribution in [0.25, 0.3) is 0 Å². The SMILES string of the molecule is O=C1CC=CC(Cl)=CC=CN1. The topological polar surface area (TPSA) is 29.1 Å². The van der Waals surface area contributed by atoms with Gasteiger partial charge in [0.25, 0.3) is 0 Å². The van der Waals surface area contributed by atoms with Gasteiger partial charge in [0.15, 0.2) is 0 Å². The Bertz CT molecular complexity index is 240. The molecule has 0 aromatic carbocycles. The summed E-state index contributed by atoms with van der Waals surface area (Å²) in [4.78, 5) is 10.8. The molecule has 2 nitrogen and oxygen atoms in total. The van der Waals surface area contributed by atoms with Crippen LogP contribution in [0.15, 0.2) is 35.5 Å². The molecular weight excluding hydrogens is 162 g/mol. The molecule has 0 saturated heterocycles. The van der Waals surface area contributed by atoms with Crippen LogP contribution in [0.5, 0.6) is 0 Å². The average Bonchev–Trinajstić information content (AvgIpc) is 2.04. The van der Waals surface area contributed by atoms with E-state index in [1.807, 2.05) is 0 Å². The van der Waals surface area contributed by atoms with Crippen molar-refractivity contribution in [1.29, 1.82) is 0 Å². The molecule has 0 aromatic rings. The molecule has 1 amide bonds. The minimum Gasteiger partial charge on any atom is -0.332 e. The zero-order chi connectivity index (χ0) is 8.10. The number of nitrogens with one attached hydrogen (secondary N) is 1. The summed E-state index contributed by atoms with van der Waals surface area (Å²) in [6.45, 7) is 0. The third-order valence-corrected chi connectivity index (χ3v) is 1.43. The average molecular weight is 170 g/mol. The van der Waals surface area contributed by atoms with Crippen molar-refractivity contribution in [1.82, 2.24) is 5.32 Å². The van der Waals surface area contributed by atoms with E-state index >= 15 is 0 Å². The Kier molecular flexibility index (Phi) is 2.93. The fraction of sp³-hybridized carbons (Fsp3) is 0.125. The summed E-state index contributed by atoms with van der Waals surface area (Å²) < 4.78 is 0. The predicted molar refractivity (Wildman–Crippen MR) is 45.0 cm³/mol. The van der Waals surface area contributed by atoms with Gasteiger partial charge in [0, 0.05) is 17.7 Å². The molecule has 11 heavy (non-hydrogen) atoms. The molecule has 1 N–H and O–H groups in total. The van der Waals surface area contributed by atoms with Gasteiger partial charge in [-0.05, 0) is 18.2 Å². The molecule has 0 atom stereocenters. The second-order valence-electron chi connectivity index (χ2n) is 2.08. The monoisotopic (exact) mass is 169 g/mol. The Morgan fingerprint density at radius 1 is 1.55 bits per heavy atom. The number of carbonyl (C=O) groups excluding carboxylic acids is 1. The summed E-state index contributed by atoms with van der Waals surface area (Å²) in [6, 6.07) is 0. The predicted octanol–water partition coefficient (Wildman–Crippen LogP) is 1.70. The second-order valence-corrected chi connectivity index (χ2v) is 2.52. The Hall–Kier alpha value is -1.02. The summed E-state index contributed by atoms with van der Waals surface area (Å²) in [5, 5.41) is 3.19. The van der Waals surface area contributed by atoms with E-state index in [1.54, 1.807) is 30.5 Å². The van der Waals surface area contributed by atoms with Gasteiger partial charge in [0.2, 0.25) is 5.91 Å². The minimum absolute atomic E-state index is 0.0303. The molecule has 0 radical (unpaired) electrons. The lowest BCUT2D eigenvalue weighted by Gasteiger charge is -1.91. The first-order valence-corrected chi connectivity index (χ1v) is 3.65. The Balaban J connectivity index is 2.72.